The van der Waals surface area contributed by atoms with Gasteiger partial charge in [0.15, 0.2) is 0 Å². The lowest BCUT2D eigenvalue weighted by atomic mass is 10.3. The zero-order valence-corrected chi connectivity index (χ0v) is 11.2. The van der Waals surface area contributed by atoms with Crippen LogP contribution in [0.15, 0.2) is 23.1 Å². The van der Waals surface area contributed by atoms with Crippen LogP contribution in [0.2, 0.25) is 5.02 Å². The van der Waals surface area contributed by atoms with Gasteiger partial charge in [0.2, 0.25) is 5.91 Å². The molecule has 0 aliphatic heterocycles. The predicted molar refractivity (Wildman–Crippen MR) is 70.5 cm³/mol. The van der Waals surface area contributed by atoms with Gasteiger partial charge in [0, 0.05) is 13.0 Å². The summed E-state index contributed by atoms with van der Waals surface area (Å²) in [5.74, 6) is -2.83. The molecule has 0 aliphatic rings. The number of anilines is 1. The van der Waals surface area contributed by atoms with Crippen LogP contribution >= 0.6 is 23.4 Å². The van der Waals surface area contributed by atoms with Gasteiger partial charge < -0.3 is 10.6 Å². The fraction of sp³-hybridized carbons (Fsp3) is 0.364. The number of amides is 1. The van der Waals surface area contributed by atoms with Crippen molar-refractivity contribution >= 4 is 35.0 Å². The van der Waals surface area contributed by atoms with Gasteiger partial charge in [0.05, 0.1) is 15.6 Å². The smallest absolute Gasteiger partial charge is 0.289 e. The van der Waals surface area contributed by atoms with Gasteiger partial charge in [-0.2, -0.15) is 8.78 Å². The zero-order chi connectivity index (χ0) is 13.5. The Morgan fingerprint density at radius 1 is 1.50 bits per heavy atom. The molecule has 0 atom stereocenters. The maximum Gasteiger partial charge on any atom is 0.289 e. The molecular formula is C11H13ClF2N2OS. The van der Waals surface area contributed by atoms with E-state index in [1.54, 1.807) is 19.2 Å². The van der Waals surface area contributed by atoms with Crippen LogP contribution in [-0.4, -0.2) is 25.3 Å². The number of nitrogens with one attached hydrogen (secondary N) is 2. The molecule has 0 saturated carbocycles. The van der Waals surface area contributed by atoms with Crippen LogP contribution in [0.5, 0.6) is 0 Å². The molecule has 2 N–H and O–H groups in total. The Kier molecular flexibility index (Phi) is 6.38. The minimum absolute atomic E-state index is 0.187. The van der Waals surface area contributed by atoms with E-state index in [0.29, 0.717) is 24.0 Å². The van der Waals surface area contributed by atoms with Crippen LogP contribution < -0.4 is 10.6 Å². The van der Waals surface area contributed by atoms with Gasteiger partial charge in [-0.05, 0) is 19.2 Å². The highest BCUT2D eigenvalue weighted by Crippen LogP contribution is 2.37. The van der Waals surface area contributed by atoms with Gasteiger partial charge in [-0.3, -0.25) is 4.79 Å². The van der Waals surface area contributed by atoms with Crippen molar-refractivity contribution in [3.8, 4) is 0 Å². The van der Waals surface area contributed by atoms with E-state index in [4.69, 9.17) is 11.6 Å². The van der Waals surface area contributed by atoms with Crippen LogP contribution in [0.3, 0.4) is 0 Å². The van der Waals surface area contributed by atoms with E-state index < -0.39 is 5.76 Å². The molecule has 3 nitrogen and oxygen atoms in total. The van der Waals surface area contributed by atoms with Gasteiger partial charge in [0.1, 0.15) is 0 Å². The molecule has 100 valence electrons. The summed E-state index contributed by atoms with van der Waals surface area (Å²) in [6.07, 6.45) is 0.266. The molecule has 0 heterocycles. The largest absolute Gasteiger partial charge is 0.325 e. The Balaban J connectivity index is 2.81. The molecule has 7 heteroatoms. The standard InChI is InChI=1S/C11H13ClF2N2OS/c1-15-6-5-9(17)16-8-4-2-3-7(12)10(8)18-11(13)14/h2-4,11,15H,5-6H2,1H3,(H,16,17). The normalized spacial score (nSPS) is 10.7. The lowest BCUT2D eigenvalue weighted by molar-refractivity contribution is -0.116. The lowest BCUT2D eigenvalue weighted by Gasteiger charge is -2.11. The number of carbonyl (C=O) groups is 1. The first-order valence-corrected chi connectivity index (χ1v) is 6.48. The molecule has 1 rings (SSSR count). The van der Waals surface area contributed by atoms with Crippen LogP contribution in [0, 0.1) is 0 Å². The average molecular weight is 295 g/mol. The quantitative estimate of drug-likeness (QED) is 0.792. The summed E-state index contributed by atoms with van der Waals surface area (Å²) in [4.78, 5) is 11.7. The minimum Gasteiger partial charge on any atom is -0.325 e. The topological polar surface area (TPSA) is 41.1 Å². The summed E-state index contributed by atoms with van der Waals surface area (Å²) in [5, 5.41) is 5.61. The van der Waals surface area contributed by atoms with E-state index in [1.165, 1.54) is 6.07 Å². The molecule has 1 aromatic rings. The van der Waals surface area contributed by atoms with Crippen molar-refractivity contribution in [2.45, 2.75) is 17.1 Å². The first-order chi connectivity index (χ1) is 8.54. The van der Waals surface area contributed by atoms with E-state index in [9.17, 15) is 13.6 Å². The maximum atomic E-state index is 12.4. The summed E-state index contributed by atoms with van der Waals surface area (Å²) < 4.78 is 24.8. The highest BCUT2D eigenvalue weighted by molar-refractivity contribution is 7.99. The first kappa shape index (κ1) is 15.2. The van der Waals surface area contributed by atoms with Crippen LogP contribution in [0.25, 0.3) is 0 Å². The Morgan fingerprint density at radius 3 is 2.83 bits per heavy atom. The third kappa shape index (κ3) is 4.80. The Labute approximate surface area is 113 Å². The van der Waals surface area contributed by atoms with Crippen molar-refractivity contribution < 1.29 is 13.6 Å². The second-order valence-electron chi connectivity index (χ2n) is 3.40. The lowest BCUT2D eigenvalue weighted by Crippen LogP contribution is -2.19. The summed E-state index contributed by atoms with van der Waals surface area (Å²) in [7, 11) is 1.73. The first-order valence-electron chi connectivity index (χ1n) is 5.22. The second-order valence-corrected chi connectivity index (χ2v) is 4.80. The fourth-order valence-corrected chi connectivity index (χ4v) is 2.18. The molecule has 0 aromatic heterocycles. The van der Waals surface area contributed by atoms with Crippen molar-refractivity contribution in [3.63, 3.8) is 0 Å². The van der Waals surface area contributed by atoms with Crippen molar-refractivity contribution in [1.82, 2.24) is 5.32 Å². The molecule has 1 aromatic carbocycles. The van der Waals surface area contributed by atoms with Crippen molar-refractivity contribution in [1.29, 1.82) is 0 Å². The third-order valence-corrected chi connectivity index (χ3v) is 3.33. The van der Waals surface area contributed by atoms with Gasteiger partial charge in [-0.25, -0.2) is 0 Å². The second kappa shape index (κ2) is 7.56. The predicted octanol–water partition coefficient (Wildman–Crippen LogP) is 3.20. The van der Waals surface area contributed by atoms with Gasteiger partial charge in [-0.1, -0.05) is 29.4 Å². The number of alkyl halides is 2. The van der Waals surface area contributed by atoms with Gasteiger partial charge in [0.25, 0.3) is 5.76 Å². The van der Waals surface area contributed by atoms with E-state index in [2.05, 4.69) is 10.6 Å². The van der Waals surface area contributed by atoms with E-state index >= 15 is 0 Å². The molecule has 0 unspecified atom stereocenters. The number of benzene rings is 1. The molecule has 1 amide bonds. The zero-order valence-electron chi connectivity index (χ0n) is 9.67. The molecule has 0 fully saturated rings. The van der Waals surface area contributed by atoms with Crippen molar-refractivity contribution in [2.24, 2.45) is 0 Å². The SMILES string of the molecule is CNCCC(=O)Nc1cccc(Cl)c1SC(F)F. The number of carbonyl (C=O) groups excluding carboxylic acids is 1. The molecule has 0 spiro atoms. The van der Waals surface area contributed by atoms with Crippen LogP contribution in [0.1, 0.15) is 6.42 Å². The Bertz CT molecular complexity index is 418. The summed E-state index contributed by atoms with van der Waals surface area (Å²) in [6, 6.07) is 4.66. The molecule has 0 saturated heterocycles. The monoisotopic (exact) mass is 294 g/mol. The number of hydrogen-bond donors (Lipinski definition) is 2. The average Bonchev–Trinajstić information content (AvgIpc) is 2.30. The third-order valence-electron chi connectivity index (χ3n) is 2.05. The highest BCUT2D eigenvalue weighted by atomic mass is 35.5. The Morgan fingerprint density at radius 2 is 2.22 bits per heavy atom. The van der Waals surface area contributed by atoms with Gasteiger partial charge in [-0.15, -0.1) is 0 Å². The summed E-state index contributed by atoms with van der Waals surface area (Å²) in [5.41, 5.74) is 0.314. The van der Waals surface area contributed by atoms with Crippen LogP contribution in [-0.2, 0) is 4.79 Å². The molecule has 0 aliphatic carbocycles. The summed E-state index contributed by atoms with van der Waals surface area (Å²) >= 11 is 6.17. The number of thioether (sulfide) groups is 1. The maximum absolute atomic E-state index is 12.4. The van der Waals surface area contributed by atoms with Crippen molar-refractivity contribution in [2.75, 3.05) is 18.9 Å². The molecule has 0 radical (unpaired) electrons. The highest BCUT2D eigenvalue weighted by Gasteiger charge is 2.15. The van der Waals surface area contributed by atoms with Gasteiger partial charge >= 0.3 is 0 Å². The van der Waals surface area contributed by atoms with Crippen molar-refractivity contribution in [3.05, 3.63) is 23.2 Å². The number of halogens is 3. The molecular weight excluding hydrogens is 282 g/mol. The van der Waals surface area contributed by atoms with E-state index in [-0.39, 0.29) is 22.2 Å². The molecule has 18 heavy (non-hydrogen) atoms. The number of hydrogen-bond acceptors (Lipinski definition) is 3. The van der Waals surface area contributed by atoms with E-state index in [1.807, 2.05) is 0 Å². The Hall–Kier alpha value is -0.850. The van der Waals surface area contributed by atoms with Crippen LogP contribution in [0.4, 0.5) is 14.5 Å². The molecule has 0 bridgehead atoms. The minimum atomic E-state index is -2.59. The number of rotatable bonds is 6. The fourth-order valence-electron chi connectivity index (χ4n) is 1.27. The van der Waals surface area contributed by atoms with E-state index in [0.717, 1.165) is 0 Å². The summed E-state index contributed by atoms with van der Waals surface area (Å²) in [6.45, 7) is 0.518.